The molecule has 33 heavy (non-hydrogen) atoms. The maximum atomic E-state index is 13.7. The number of alkyl halides is 3. The third-order valence-corrected chi connectivity index (χ3v) is 5.67. The van der Waals surface area contributed by atoms with E-state index in [4.69, 9.17) is 15.2 Å². The number of aromatic nitrogens is 3. The molecule has 2 aliphatic heterocycles. The van der Waals surface area contributed by atoms with Crippen LogP contribution in [0.15, 0.2) is 18.3 Å². The van der Waals surface area contributed by atoms with Gasteiger partial charge in [0, 0.05) is 63.8 Å². The topological polar surface area (TPSA) is 107 Å². The summed E-state index contributed by atoms with van der Waals surface area (Å²) < 4.78 is 52.6. The summed E-state index contributed by atoms with van der Waals surface area (Å²) in [6.45, 7) is 4.56. The lowest BCUT2D eigenvalue weighted by atomic mass is 10.1. The molecule has 0 saturated carbocycles. The van der Waals surface area contributed by atoms with Gasteiger partial charge in [0.15, 0.2) is 0 Å². The Morgan fingerprint density at radius 2 is 1.85 bits per heavy atom. The summed E-state index contributed by atoms with van der Waals surface area (Å²) >= 11 is 0. The van der Waals surface area contributed by atoms with Crippen LogP contribution in [0.25, 0.3) is 11.3 Å². The highest BCUT2D eigenvalue weighted by molar-refractivity contribution is 5.73. The highest BCUT2D eigenvalue weighted by Gasteiger charge is 2.35. The Hall–Kier alpha value is -3.15. The van der Waals surface area contributed by atoms with E-state index in [1.807, 2.05) is 4.90 Å². The normalized spacial score (nSPS) is 17.8. The van der Waals surface area contributed by atoms with Gasteiger partial charge in [-0.3, -0.25) is 4.79 Å². The summed E-state index contributed by atoms with van der Waals surface area (Å²) in [7, 11) is 0. The minimum atomic E-state index is -4.64. The standard InChI is InChI=1S/C21H25F3N6O3/c1-13(31)29-4-2-14(3-5-29)33-19-11-17(27-20(28-19)30-6-8-32-9-7-30)15-12-26-18(25)10-16(15)21(22,23)24/h10-12,14H,2-9H2,1H3,(H2,25,26). The van der Waals surface area contributed by atoms with E-state index in [9.17, 15) is 18.0 Å². The summed E-state index contributed by atoms with van der Waals surface area (Å²) in [6.07, 6.45) is -2.59. The largest absolute Gasteiger partial charge is 0.474 e. The number of amides is 1. The fourth-order valence-corrected chi connectivity index (χ4v) is 3.89. The van der Waals surface area contributed by atoms with Gasteiger partial charge >= 0.3 is 6.18 Å². The van der Waals surface area contributed by atoms with E-state index in [2.05, 4.69) is 15.0 Å². The van der Waals surface area contributed by atoms with Crippen molar-refractivity contribution in [3.8, 4) is 17.1 Å². The number of morpholine rings is 1. The SMILES string of the molecule is CC(=O)N1CCC(Oc2cc(-c3cnc(N)cc3C(F)(F)F)nc(N3CCOCC3)n2)CC1. The van der Waals surface area contributed by atoms with Gasteiger partial charge in [-0.1, -0.05) is 0 Å². The number of nitrogens with two attached hydrogens (primary N) is 1. The minimum Gasteiger partial charge on any atom is -0.474 e. The zero-order chi connectivity index (χ0) is 23.6. The molecule has 2 saturated heterocycles. The third kappa shape index (κ3) is 5.44. The Balaban J connectivity index is 1.68. The number of hydrogen-bond donors (Lipinski definition) is 1. The molecule has 0 radical (unpaired) electrons. The van der Waals surface area contributed by atoms with Crippen LogP contribution in [0.4, 0.5) is 24.9 Å². The molecule has 4 rings (SSSR count). The lowest BCUT2D eigenvalue weighted by Crippen LogP contribution is -2.41. The number of pyridine rings is 1. The van der Waals surface area contributed by atoms with Gasteiger partial charge in [-0.2, -0.15) is 18.2 Å². The average Bonchev–Trinajstić information content (AvgIpc) is 2.79. The van der Waals surface area contributed by atoms with Gasteiger partial charge in [0.05, 0.1) is 24.5 Å². The van der Waals surface area contributed by atoms with Gasteiger partial charge in [0.25, 0.3) is 0 Å². The van der Waals surface area contributed by atoms with Crippen molar-refractivity contribution in [3.05, 3.63) is 23.9 Å². The number of anilines is 2. The van der Waals surface area contributed by atoms with Crippen molar-refractivity contribution < 1.29 is 27.4 Å². The molecule has 2 N–H and O–H groups in total. The molecule has 0 aromatic carbocycles. The maximum absolute atomic E-state index is 13.7. The molecule has 4 heterocycles. The molecule has 178 valence electrons. The van der Waals surface area contributed by atoms with Crippen LogP contribution in [-0.4, -0.2) is 71.3 Å². The smallest absolute Gasteiger partial charge is 0.417 e. The molecule has 1 amide bonds. The molecule has 12 heteroatoms. The van der Waals surface area contributed by atoms with Crippen LogP contribution in [-0.2, 0) is 15.7 Å². The van der Waals surface area contributed by atoms with Crippen molar-refractivity contribution >= 4 is 17.7 Å². The zero-order valence-electron chi connectivity index (χ0n) is 18.1. The number of piperidine rings is 1. The molecule has 2 aliphatic rings. The fourth-order valence-electron chi connectivity index (χ4n) is 3.89. The van der Waals surface area contributed by atoms with Gasteiger partial charge < -0.3 is 25.0 Å². The number of nitrogen functional groups attached to an aromatic ring is 1. The van der Waals surface area contributed by atoms with E-state index in [-0.39, 0.29) is 40.9 Å². The average molecular weight is 466 g/mol. The fraction of sp³-hybridized carbons (Fsp3) is 0.524. The highest BCUT2D eigenvalue weighted by Crippen LogP contribution is 2.38. The van der Waals surface area contributed by atoms with E-state index in [1.165, 1.54) is 13.0 Å². The van der Waals surface area contributed by atoms with Crippen LogP contribution in [0.2, 0.25) is 0 Å². The molecule has 0 spiro atoms. The molecule has 0 atom stereocenters. The predicted molar refractivity (Wildman–Crippen MR) is 114 cm³/mol. The molecular weight excluding hydrogens is 441 g/mol. The summed E-state index contributed by atoms with van der Waals surface area (Å²) in [5.41, 5.74) is 4.43. The predicted octanol–water partition coefficient (Wildman–Crippen LogP) is 2.37. The van der Waals surface area contributed by atoms with E-state index in [0.717, 1.165) is 12.3 Å². The van der Waals surface area contributed by atoms with E-state index < -0.39 is 11.7 Å². The zero-order valence-corrected chi connectivity index (χ0v) is 18.1. The molecule has 0 bridgehead atoms. The van der Waals surface area contributed by atoms with Crippen molar-refractivity contribution in [3.63, 3.8) is 0 Å². The molecule has 2 aromatic heterocycles. The second kappa shape index (κ2) is 9.38. The van der Waals surface area contributed by atoms with Crippen molar-refractivity contribution in [2.75, 3.05) is 50.0 Å². The number of halogens is 3. The molecular formula is C21H25F3N6O3. The van der Waals surface area contributed by atoms with Crippen molar-refractivity contribution in [1.82, 2.24) is 19.9 Å². The molecule has 0 aliphatic carbocycles. The van der Waals surface area contributed by atoms with E-state index in [0.29, 0.717) is 52.2 Å². The highest BCUT2D eigenvalue weighted by atomic mass is 19.4. The lowest BCUT2D eigenvalue weighted by Gasteiger charge is -2.31. The van der Waals surface area contributed by atoms with Crippen molar-refractivity contribution in [2.24, 2.45) is 0 Å². The number of rotatable bonds is 4. The summed E-state index contributed by atoms with van der Waals surface area (Å²) in [5, 5.41) is 0. The monoisotopic (exact) mass is 466 g/mol. The first kappa shape index (κ1) is 23.0. The van der Waals surface area contributed by atoms with Crippen LogP contribution in [0, 0.1) is 0 Å². The number of hydrogen-bond acceptors (Lipinski definition) is 8. The van der Waals surface area contributed by atoms with Gasteiger partial charge in [-0.15, -0.1) is 0 Å². The first-order chi connectivity index (χ1) is 15.7. The Kier molecular flexibility index (Phi) is 6.54. The van der Waals surface area contributed by atoms with Gasteiger partial charge in [-0.25, -0.2) is 9.97 Å². The van der Waals surface area contributed by atoms with E-state index in [1.54, 1.807) is 4.90 Å². The summed E-state index contributed by atoms with van der Waals surface area (Å²) in [5.74, 6) is 0.204. The Labute approximate surface area is 188 Å². The van der Waals surface area contributed by atoms with Crippen LogP contribution < -0.4 is 15.4 Å². The quantitative estimate of drug-likeness (QED) is 0.732. The summed E-state index contributed by atoms with van der Waals surface area (Å²) in [4.78, 5) is 27.9. The first-order valence-corrected chi connectivity index (χ1v) is 10.7. The second-order valence-corrected chi connectivity index (χ2v) is 7.97. The number of carbonyl (C=O) groups excluding carboxylic acids is 1. The van der Waals surface area contributed by atoms with Crippen molar-refractivity contribution in [1.29, 1.82) is 0 Å². The van der Waals surface area contributed by atoms with Crippen LogP contribution in [0.3, 0.4) is 0 Å². The van der Waals surface area contributed by atoms with Crippen molar-refractivity contribution in [2.45, 2.75) is 32.0 Å². The molecule has 9 nitrogen and oxygen atoms in total. The number of carbonyl (C=O) groups is 1. The van der Waals surface area contributed by atoms with E-state index >= 15 is 0 Å². The lowest BCUT2D eigenvalue weighted by molar-refractivity contribution is -0.137. The van der Waals surface area contributed by atoms with Gasteiger partial charge in [0.1, 0.15) is 11.9 Å². The molecule has 2 aromatic rings. The Bertz CT molecular complexity index is 1010. The molecule has 2 fully saturated rings. The number of nitrogens with zero attached hydrogens (tertiary/aromatic N) is 5. The van der Waals surface area contributed by atoms with Crippen LogP contribution >= 0.6 is 0 Å². The molecule has 0 unspecified atom stereocenters. The van der Waals surface area contributed by atoms with Crippen LogP contribution in [0.5, 0.6) is 5.88 Å². The third-order valence-electron chi connectivity index (χ3n) is 5.67. The number of likely N-dealkylation sites (tertiary alicyclic amines) is 1. The minimum absolute atomic E-state index is 0.00269. The van der Waals surface area contributed by atoms with Gasteiger partial charge in [-0.05, 0) is 6.07 Å². The maximum Gasteiger partial charge on any atom is 0.417 e. The summed E-state index contributed by atoms with van der Waals surface area (Å²) in [6, 6.07) is 2.19. The Morgan fingerprint density at radius 3 is 2.48 bits per heavy atom. The number of ether oxygens (including phenoxy) is 2. The Morgan fingerprint density at radius 1 is 1.15 bits per heavy atom. The van der Waals surface area contributed by atoms with Crippen LogP contribution in [0.1, 0.15) is 25.3 Å². The second-order valence-electron chi connectivity index (χ2n) is 7.97. The first-order valence-electron chi connectivity index (χ1n) is 10.7. The van der Waals surface area contributed by atoms with Gasteiger partial charge in [0.2, 0.25) is 17.7 Å².